The molecular weight excluding hydrogens is 196 g/mol. The molecule has 16 heavy (non-hydrogen) atoms. The second kappa shape index (κ2) is 3.87. The van der Waals surface area contributed by atoms with Crippen molar-refractivity contribution in [3.8, 4) is 0 Å². The Kier molecular flexibility index (Phi) is 2.49. The van der Waals surface area contributed by atoms with Crippen molar-refractivity contribution in [2.75, 3.05) is 0 Å². The first-order valence-corrected chi connectivity index (χ1v) is 6.66. The molecule has 2 fully saturated rings. The lowest BCUT2D eigenvalue weighted by Gasteiger charge is -2.30. The van der Waals surface area contributed by atoms with Crippen LogP contribution in [0.15, 0.2) is 23.8 Å². The van der Waals surface area contributed by atoms with E-state index in [1.807, 2.05) is 0 Å². The second-order valence-electron chi connectivity index (χ2n) is 5.68. The molecule has 0 radical (unpaired) electrons. The van der Waals surface area contributed by atoms with Crippen LogP contribution in [0, 0.1) is 29.6 Å². The maximum Gasteiger partial charge on any atom is 0.145 e. The summed E-state index contributed by atoms with van der Waals surface area (Å²) < 4.78 is 0. The molecule has 0 aromatic carbocycles. The fraction of sp³-hybridized carbons (Fsp3) is 0.667. The first kappa shape index (κ1) is 10.3. The maximum atomic E-state index is 10.9. The largest absolute Gasteiger partial charge is 0.298 e. The zero-order chi connectivity index (χ0) is 11.1. The average Bonchev–Trinajstić information content (AvgIpc) is 2.96. The fourth-order valence-electron chi connectivity index (χ4n) is 4.32. The molecule has 0 aliphatic heterocycles. The minimum atomic E-state index is 0.700. The van der Waals surface area contributed by atoms with Crippen LogP contribution in [-0.4, -0.2) is 6.29 Å². The summed E-state index contributed by atoms with van der Waals surface area (Å²) in [7, 11) is 0. The number of carbonyl (C=O) groups is 1. The first-order chi connectivity index (χ1) is 7.83. The summed E-state index contributed by atoms with van der Waals surface area (Å²) in [4.78, 5) is 10.9. The molecule has 5 atom stereocenters. The van der Waals surface area contributed by atoms with Gasteiger partial charge in [0.1, 0.15) is 6.29 Å². The summed E-state index contributed by atoms with van der Waals surface area (Å²) in [5, 5.41) is 0. The van der Waals surface area contributed by atoms with E-state index in [1.54, 1.807) is 0 Å². The quantitative estimate of drug-likeness (QED) is 0.401. The first-order valence-electron chi connectivity index (χ1n) is 6.66. The molecule has 86 valence electrons. The molecular formula is C15H20O. The van der Waals surface area contributed by atoms with E-state index in [-0.39, 0.29) is 0 Å². The van der Waals surface area contributed by atoms with Crippen molar-refractivity contribution in [2.24, 2.45) is 29.6 Å². The highest BCUT2D eigenvalue weighted by Gasteiger charge is 2.51. The Bertz CT molecular complexity index is 352. The lowest BCUT2D eigenvalue weighted by atomic mass is 9.75. The van der Waals surface area contributed by atoms with Crippen molar-refractivity contribution < 1.29 is 4.79 Å². The third kappa shape index (κ3) is 1.41. The molecule has 5 unspecified atom stereocenters. The third-order valence-electron chi connectivity index (χ3n) is 5.04. The van der Waals surface area contributed by atoms with E-state index in [4.69, 9.17) is 0 Å². The summed E-state index contributed by atoms with van der Waals surface area (Å²) in [5.74, 6) is 4.28. The standard InChI is InChI=1S/C15H20O/c1-2-10(9-16)6-11-7-12-8-15(11)14-5-3-4-13(12)14/h3-4,6,9,11-15H,2,5,7-8H2,1H3. The van der Waals surface area contributed by atoms with E-state index in [0.717, 1.165) is 42.0 Å². The number of hydrogen-bond donors (Lipinski definition) is 0. The zero-order valence-electron chi connectivity index (χ0n) is 9.93. The van der Waals surface area contributed by atoms with E-state index < -0.39 is 0 Å². The molecule has 3 aliphatic rings. The van der Waals surface area contributed by atoms with Crippen LogP contribution in [0.3, 0.4) is 0 Å². The SMILES string of the molecule is CCC(C=O)=CC1CC2CC1C1CC=CC21. The highest BCUT2D eigenvalue weighted by molar-refractivity contribution is 5.73. The molecule has 0 amide bonds. The van der Waals surface area contributed by atoms with Gasteiger partial charge in [0.05, 0.1) is 0 Å². The summed E-state index contributed by atoms with van der Waals surface area (Å²) >= 11 is 0. The van der Waals surface area contributed by atoms with E-state index in [2.05, 4.69) is 25.2 Å². The Morgan fingerprint density at radius 2 is 2.25 bits per heavy atom. The predicted molar refractivity (Wildman–Crippen MR) is 64.9 cm³/mol. The van der Waals surface area contributed by atoms with Crippen LogP contribution in [0.1, 0.15) is 32.6 Å². The number of aldehydes is 1. The van der Waals surface area contributed by atoms with Gasteiger partial charge in [-0.15, -0.1) is 0 Å². The molecule has 2 bridgehead atoms. The third-order valence-corrected chi connectivity index (χ3v) is 5.04. The van der Waals surface area contributed by atoms with Gasteiger partial charge in [-0.3, -0.25) is 4.79 Å². The molecule has 1 nitrogen and oxygen atoms in total. The van der Waals surface area contributed by atoms with Gasteiger partial charge in [-0.25, -0.2) is 0 Å². The Labute approximate surface area is 97.6 Å². The van der Waals surface area contributed by atoms with E-state index in [1.165, 1.54) is 19.3 Å². The minimum Gasteiger partial charge on any atom is -0.298 e. The van der Waals surface area contributed by atoms with Crippen LogP contribution in [0.2, 0.25) is 0 Å². The number of carbonyl (C=O) groups excluding carboxylic acids is 1. The fourth-order valence-corrected chi connectivity index (χ4v) is 4.32. The lowest BCUT2D eigenvalue weighted by molar-refractivity contribution is -0.105. The number of hydrogen-bond acceptors (Lipinski definition) is 1. The van der Waals surface area contributed by atoms with Crippen molar-refractivity contribution in [1.82, 2.24) is 0 Å². The average molecular weight is 216 g/mol. The van der Waals surface area contributed by atoms with Gasteiger partial charge in [0.25, 0.3) is 0 Å². The van der Waals surface area contributed by atoms with Crippen molar-refractivity contribution in [3.63, 3.8) is 0 Å². The van der Waals surface area contributed by atoms with Crippen molar-refractivity contribution >= 4 is 6.29 Å². The van der Waals surface area contributed by atoms with Gasteiger partial charge in [0.15, 0.2) is 0 Å². The Balaban J connectivity index is 1.77. The van der Waals surface area contributed by atoms with Gasteiger partial charge in [0, 0.05) is 0 Å². The lowest BCUT2D eigenvalue weighted by Crippen LogP contribution is -2.23. The topological polar surface area (TPSA) is 17.1 Å². The van der Waals surface area contributed by atoms with Crippen molar-refractivity contribution in [1.29, 1.82) is 0 Å². The molecule has 1 heteroatoms. The van der Waals surface area contributed by atoms with Gasteiger partial charge in [-0.1, -0.05) is 25.2 Å². The summed E-state index contributed by atoms with van der Waals surface area (Å²) in [6, 6.07) is 0. The molecule has 3 aliphatic carbocycles. The van der Waals surface area contributed by atoms with E-state index in [0.29, 0.717) is 5.92 Å². The zero-order valence-corrected chi connectivity index (χ0v) is 9.93. The Morgan fingerprint density at radius 1 is 1.38 bits per heavy atom. The predicted octanol–water partition coefficient (Wildman–Crippen LogP) is 3.37. The summed E-state index contributed by atoms with van der Waals surface area (Å²) in [6.45, 7) is 2.08. The van der Waals surface area contributed by atoms with Crippen LogP contribution < -0.4 is 0 Å². The van der Waals surface area contributed by atoms with Gasteiger partial charge in [-0.05, 0) is 60.8 Å². The van der Waals surface area contributed by atoms with Crippen LogP contribution in [0.25, 0.3) is 0 Å². The van der Waals surface area contributed by atoms with Crippen LogP contribution in [0.4, 0.5) is 0 Å². The molecule has 0 saturated heterocycles. The van der Waals surface area contributed by atoms with Gasteiger partial charge in [-0.2, -0.15) is 0 Å². The molecule has 3 rings (SSSR count). The van der Waals surface area contributed by atoms with Crippen LogP contribution >= 0.6 is 0 Å². The highest BCUT2D eigenvalue weighted by atomic mass is 16.1. The second-order valence-corrected chi connectivity index (χ2v) is 5.68. The van der Waals surface area contributed by atoms with E-state index >= 15 is 0 Å². The van der Waals surface area contributed by atoms with Gasteiger partial charge >= 0.3 is 0 Å². The minimum absolute atomic E-state index is 0.700. The maximum absolute atomic E-state index is 10.9. The number of allylic oxidation sites excluding steroid dienone is 4. The monoisotopic (exact) mass is 216 g/mol. The normalized spacial score (nSPS) is 45.1. The van der Waals surface area contributed by atoms with Crippen molar-refractivity contribution in [3.05, 3.63) is 23.8 Å². The number of rotatable bonds is 3. The summed E-state index contributed by atoms with van der Waals surface area (Å²) in [5.41, 5.74) is 1.01. The molecule has 0 aromatic rings. The molecule has 0 spiro atoms. The molecule has 0 heterocycles. The van der Waals surface area contributed by atoms with Crippen molar-refractivity contribution in [2.45, 2.75) is 32.6 Å². The van der Waals surface area contributed by atoms with Crippen LogP contribution in [-0.2, 0) is 4.79 Å². The van der Waals surface area contributed by atoms with Gasteiger partial charge in [0.2, 0.25) is 0 Å². The molecule has 0 N–H and O–H groups in total. The Hall–Kier alpha value is -0.850. The van der Waals surface area contributed by atoms with Crippen LogP contribution in [0.5, 0.6) is 0 Å². The molecule has 0 aromatic heterocycles. The number of fused-ring (bicyclic) bond motifs is 5. The van der Waals surface area contributed by atoms with Gasteiger partial charge < -0.3 is 0 Å². The Morgan fingerprint density at radius 3 is 3.00 bits per heavy atom. The smallest absolute Gasteiger partial charge is 0.145 e. The van der Waals surface area contributed by atoms with E-state index in [9.17, 15) is 4.79 Å². The summed E-state index contributed by atoms with van der Waals surface area (Å²) in [6.07, 6.45) is 13.1. The highest BCUT2D eigenvalue weighted by Crippen LogP contribution is 2.59. The molecule has 2 saturated carbocycles.